The molecule has 3 N–H and O–H groups in total. The van der Waals surface area contributed by atoms with Crippen molar-refractivity contribution >= 4 is 18.0 Å². The SMILES string of the molecule is CCN1CCC1CNC(=O)C(CCC(=O)O)NC(=O)OCC1c2ccccc2-c2ccccc21. The molecule has 1 saturated heterocycles. The van der Waals surface area contributed by atoms with Gasteiger partial charge in [0.15, 0.2) is 0 Å². The molecule has 8 heteroatoms. The van der Waals surface area contributed by atoms with Gasteiger partial charge in [-0.05, 0) is 41.6 Å². The molecule has 0 radical (unpaired) electrons. The van der Waals surface area contributed by atoms with Crippen molar-refractivity contribution in [3.05, 3.63) is 59.7 Å². The summed E-state index contributed by atoms with van der Waals surface area (Å²) in [4.78, 5) is 38.7. The molecule has 8 nitrogen and oxygen atoms in total. The van der Waals surface area contributed by atoms with Crippen molar-refractivity contribution in [2.24, 2.45) is 0 Å². The molecule has 1 heterocycles. The Morgan fingerprint density at radius 1 is 1.09 bits per heavy atom. The van der Waals surface area contributed by atoms with Crippen LogP contribution >= 0.6 is 0 Å². The number of rotatable bonds is 10. The highest BCUT2D eigenvalue weighted by Gasteiger charge is 2.31. The minimum atomic E-state index is -1.02. The van der Waals surface area contributed by atoms with Crippen LogP contribution in [0.15, 0.2) is 48.5 Å². The molecule has 2 aliphatic rings. The van der Waals surface area contributed by atoms with Crippen molar-refractivity contribution in [3.8, 4) is 11.1 Å². The van der Waals surface area contributed by atoms with Gasteiger partial charge in [0.05, 0.1) is 0 Å². The normalized spacial score (nSPS) is 17.7. The molecule has 180 valence electrons. The fraction of sp³-hybridized carbons (Fsp3) is 0.423. The van der Waals surface area contributed by atoms with Gasteiger partial charge < -0.3 is 20.5 Å². The van der Waals surface area contributed by atoms with E-state index in [1.807, 2.05) is 36.4 Å². The molecule has 34 heavy (non-hydrogen) atoms. The van der Waals surface area contributed by atoms with Gasteiger partial charge in [0.1, 0.15) is 12.6 Å². The van der Waals surface area contributed by atoms with E-state index in [-0.39, 0.29) is 31.4 Å². The summed E-state index contributed by atoms with van der Waals surface area (Å²) >= 11 is 0. The van der Waals surface area contributed by atoms with Crippen LogP contribution < -0.4 is 10.6 Å². The third-order valence-corrected chi connectivity index (χ3v) is 6.78. The van der Waals surface area contributed by atoms with Crippen molar-refractivity contribution in [2.45, 2.75) is 44.2 Å². The van der Waals surface area contributed by atoms with Gasteiger partial charge in [-0.1, -0.05) is 55.5 Å². The zero-order valence-corrected chi connectivity index (χ0v) is 19.3. The fourth-order valence-corrected chi connectivity index (χ4v) is 4.80. The lowest BCUT2D eigenvalue weighted by Gasteiger charge is -2.40. The van der Waals surface area contributed by atoms with Crippen LogP contribution in [-0.4, -0.2) is 66.3 Å². The predicted octanol–water partition coefficient (Wildman–Crippen LogP) is 2.97. The zero-order chi connectivity index (χ0) is 24.1. The number of alkyl carbamates (subject to hydrolysis) is 1. The Kier molecular flexibility index (Phi) is 7.47. The van der Waals surface area contributed by atoms with Crippen LogP contribution in [0.2, 0.25) is 0 Å². The Hall–Kier alpha value is -3.39. The van der Waals surface area contributed by atoms with Gasteiger partial charge in [-0.2, -0.15) is 0 Å². The van der Waals surface area contributed by atoms with Gasteiger partial charge in [0.25, 0.3) is 0 Å². The molecule has 0 aromatic heterocycles. The van der Waals surface area contributed by atoms with Gasteiger partial charge >= 0.3 is 12.1 Å². The van der Waals surface area contributed by atoms with Crippen molar-refractivity contribution in [1.29, 1.82) is 0 Å². The molecule has 0 saturated carbocycles. The second-order valence-corrected chi connectivity index (χ2v) is 8.77. The number of nitrogens with one attached hydrogen (secondary N) is 2. The number of benzene rings is 2. The number of likely N-dealkylation sites (tertiary alicyclic amines) is 1. The summed E-state index contributed by atoms with van der Waals surface area (Å²) in [5.41, 5.74) is 4.45. The number of carboxylic acids is 1. The van der Waals surface area contributed by atoms with Crippen LogP contribution in [0.25, 0.3) is 11.1 Å². The highest BCUT2D eigenvalue weighted by atomic mass is 16.5. The molecule has 1 fully saturated rings. The second-order valence-electron chi connectivity index (χ2n) is 8.77. The van der Waals surface area contributed by atoms with E-state index in [2.05, 4.69) is 34.6 Å². The van der Waals surface area contributed by atoms with Gasteiger partial charge in [-0.15, -0.1) is 0 Å². The summed E-state index contributed by atoms with van der Waals surface area (Å²) in [6.45, 7) is 4.60. The topological polar surface area (TPSA) is 108 Å². The first kappa shape index (κ1) is 23.8. The van der Waals surface area contributed by atoms with E-state index in [9.17, 15) is 14.4 Å². The summed E-state index contributed by atoms with van der Waals surface area (Å²) in [6, 6.07) is 15.4. The first-order valence-electron chi connectivity index (χ1n) is 11.8. The van der Waals surface area contributed by atoms with Crippen molar-refractivity contribution in [3.63, 3.8) is 0 Å². The number of fused-ring (bicyclic) bond motifs is 3. The molecule has 2 aromatic rings. The number of carbonyl (C=O) groups excluding carboxylic acids is 2. The van der Waals surface area contributed by atoms with Gasteiger partial charge in [-0.3, -0.25) is 14.5 Å². The molecule has 1 aliphatic carbocycles. The molecule has 2 amide bonds. The van der Waals surface area contributed by atoms with E-state index in [4.69, 9.17) is 9.84 Å². The Bertz CT molecular complexity index is 1010. The maximum absolute atomic E-state index is 12.7. The maximum atomic E-state index is 12.7. The summed E-state index contributed by atoms with van der Waals surface area (Å²) in [5.74, 6) is -1.51. The number of hydrogen-bond acceptors (Lipinski definition) is 5. The first-order valence-corrected chi connectivity index (χ1v) is 11.8. The minimum absolute atomic E-state index is 0.00643. The smallest absolute Gasteiger partial charge is 0.407 e. The second kappa shape index (κ2) is 10.7. The largest absolute Gasteiger partial charge is 0.481 e. The zero-order valence-electron chi connectivity index (χ0n) is 19.3. The Labute approximate surface area is 199 Å². The van der Waals surface area contributed by atoms with Crippen LogP contribution in [0.4, 0.5) is 4.79 Å². The van der Waals surface area contributed by atoms with E-state index in [0.29, 0.717) is 6.54 Å². The van der Waals surface area contributed by atoms with Gasteiger partial charge in [0, 0.05) is 31.5 Å². The number of ether oxygens (including phenoxy) is 1. The molecular weight excluding hydrogens is 434 g/mol. The Morgan fingerprint density at radius 2 is 1.74 bits per heavy atom. The summed E-state index contributed by atoms with van der Waals surface area (Å²) in [6.07, 6.45) is 0.0410. The van der Waals surface area contributed by atoms with Crippen molar-refractivity contribution < 1.29 is 24.2 Å². The number of likely N-dealkylation sites (N-methyl/N-ethyl adjacent to an activating group) is 1. The minimum Gasteiger partial charge on any atom is -0.481 e. The summed E-state index contributed by atoms with van der Waals surface area (Å²) in [5, 5.41) is 14.5. The third-order valence-electron chi connectivity index (χ3n) is 6.78. The lowest BCUT2D eigenvalue weighted by molar-refractivity contribution is -0.137. The maximum Gasteiger partial charge on any atom is 0.407 e. The first-order chi connectivity index (χ1) is 16.5. The average Bonchev–Trinajstić information content (AvgIpc) is 3.13. The Morgan fingerprint density at radius 3 is 2.29 bits per heavy atom. The number of aliphatic carboxylic acids is 1. The van der Waals surface area contributed by atoms with Crippen LogP contribution in [0.3, 0.4) is 0 Å². The number of nitrogens with zero attached hydrogens (tertiary/aromatic N) is 1. The molecule has 0 spiro atoms. The number of carboxylic acid groups (broad SMARTS) is 1. The summed E-state index contributed by atoms with van der Waals surface area (Å²) < 4.78 is 5.53. The summed E-state index contributed by atoms with van der Waals surface area (Å²) in [7, 11) is 0. The number of hydrogen-bond donors (Lipinski definition) is 3. The van der Waals surface area contributed by atoms with E-state index < -0.39 is 24.0 Å². The molecule has 2 atom stereocenters. The molecule has 1 aliphatic heterocycles. The Balaban J connectivity index is 1.36. The van der Waals surface area contributed by atoms with Crippen LogP contribution in [0.1, 0.15) is 43.2 Å². The van der Waals surface area contributed by atoms with E-state index in [1.54, 1.807) is 0 Å². The number of amides is 2. The van der Waals surface area contributed by atoms with Crippen molar-refractivity contribution in [1.82, 2.24) is 15.5 Å². The molecule has 0 bridgehead atoms. The lowest BCUT2D eigenvalue weighted by atomic mass is 9.98. The van der Waals surface area contributed by atoms with Crippen LogP contribution in [0, 0.1) is 0 Å². The van der Waals surface area contributed by atoms with Crippen molar-refractivity contribution in [2.75, 3.05) is 26.2 Å². The standard InChI is InChI=1S/C26H31N3O5/c1-2-29-14-13-17(29)15-27-25(32)23(11-12-24(30)31)28-26(33)34-16-22-20-9-5-3-7-18(20)19-8-4-6-10-21(19)22/h3-10,17,22-23H,2,11-16H2,1H3,(H,27,32)(H,28,33)(H,30,31). The van der Waals surface area contributed by atoms with Gasteiger partial charge in [0.2, 0.25) is 5.91 Å². The van der Waals surface area contributed by atoms with E-state index in [0.717, 1.165) is 41.8 Å². The third kappa shape index (κ3) is 5.22. The van der Waals surface area contributed by atoms with Crippen LogP contribution in [-0.2, 0) is 14.3 Å². The highest BCUT2D eigenvalue weighted by Crippen LogP contribution is 2.44. The monoisotopic (exact) mass is 465 g/mol. The van der Waals surface area contributed by atoms with E-state index >= 15 is 0 Å². The molecule has 2 unspecified atom stereocenters. The molecule has 4 rings (SSSR count). The van der Waals surface area contributed by atoms with E-state index in [1.165, 1.54) is 0 Å². The average molecular weight is 466 g/mol. The molecule has 2 aromatic carbocycles. The van der Waals surface area contributed by atoms with Crippen LogP contribution in [0.5, 0.6) is 0 Å². The molecular formula is C26H31N3O5. The quantitative estimate of drug-likeness (QED) is 0.498. The highest BCUT2D eigenvalue weighted by molar-refractivity contribution is 5.86. The lowest BCUT2D eigenvalue weighted by Crippen LogP contribution is -2.55. The number of carbonyl (C=O) groups is 3. The van der Waals surface area contributed by atoms with Gasteiger partial charge in [-0.25, -0.2) is 4.79 Å². The predicted molar refractivity (Wildman–Crippen MR) is 128 cm³/mol. The fourth-order valence-electron chi connectivity index (χ4n) is 4.80.